The summed E-state index contributed by atoms with van der Waals surface area (Å²) < 4.78 is 5.09. The number of benzene rings is 2. The van der Waals surface area contributed by atoms with Gasteiger partial charge < -0.3 is 4.74 Å². The fraction of sp³-hybridized carbons (Fsp3) is 0.0556. The molecule has 0 aromatic heterocycles. The van der Waals surface area contributed by atoms with Crippen molar-refractivity contribution >= 4 is 17.3 Å². The summed E-state index contributed by atoms with van der Waals surface area (Å²) in [6.07, 6.45) is 5.30. The molecule has 23 heavy (non-hydrogen) atoms. The Morgan fingerprint density at radius 1 is 1.17 bits per heavy atom. The second-order valence-corrected chi connectivity index (χ2v) is 4.63. The van der Waals surface area contributed by atoms with E-state index < -0.39 is 4.92 Å². The second-order valence-electron chi connectivity index (χ2n) is 4.63. The molecule has 0 heterocycles. The maximum atomic E-state index is 10.6. The highest BCUT2D eigenvalue weighted by Gasteiger charge is 2.05. The zero-order valence-corrected chi connectivity index (χ0v) is 12.5. The van der Waals surface area contributed by atoms with E-state index in [0.29, 0.717) is 11.1 Å². The molecule has 0 N–H and O–H groups in total. The van der Waals surface area contributed by atoms with E-state index in [1.165, 1.54) is 12.1 Å². The van der Waals surface area contributed by atoms with Gasteiger partial charge in [-0.05, 0) is 41.5 Å². The van der Waals surface area contributed by atoms with Crippen LogP contribution in [0.3, 0.4) is 0 Å². The number of hydrogen-bond donors (Lipinski definition) is 0. The van der Waals surface area contributed by atoms with Crippen molar-refractivity contribution in [2.45, 2.75) is 0 Å². The molecule has 0 unspecified atom stereocenters. The molecule has 5 heteroatoms. The average Bonchev–Trinajstić information content (AvgIpc) is 2.59. The number of methoxy groups -OCH3 is 1. The first-order valence-corrected chi connectivity index (χ1v) is 6.81. The number of nitriles is 1. The molecule has 0 aliphatic rings. The lowest BCUT2D eigenvalue weighted by molar-refractivity contribution is -0.384. The first-order valence-electron chi connectivity index (χ1n) is 6.81. The first kappa shape index (κ1) is 16.0. The van der Waals surface area contributed by atoms with Gasteiger partial charge in [-0.1, -0.05) is 24.3 Å². The fourth-order valence-corrected chi connectivity index (χ4v) is 1.93. The van der Waals surface area contributed by atoms with Crippen LogP contribution in [0, 0.1) is 21.4 Å². The van der Waals surface area contributed by atoms with Gasteiger partial charge in [-0.2, -0.15) is 5.26 Å². The van der Waals surface area contributed by atoms with Crippen LogP contribution in [0.25, 0.3) is 11.6 Å². The Balaban J connectivity index is 2.16. The lowest BCUT2D eigenvalue weighted by Crippen LogP contribution is -1.88. The van der Waals surface area contributed by atoms with Crippen LogP contribution in [-0.2, 0) is 0 Å². The minimum Gasteiger partial charge on any atom is -0.497 e. The molecule has 0 amide bonds. The number of nitro groups is 1. The van der Waals surface area contributed by atoms with Crippen molar-refractivity contribution in [1.82, 2.24) is 0 Å². The summed E-state index contributed by atoms with van der Waals surface area (Å²) in [5.74, 6) is 0.779. The van der Waals surface area contributed by atoms with Gasteiger partial charge in [-0.3, -0.25) is 10.1 Å². The standard InChI is InChI=1S/C18H14N2O3/c1-23-18-11-5-14(6-12-18)3-2-4-16(13-19)15-7-9-17(10-8-15)20(21)22/h2-12H,1H3/b3-2+,16-4+. The summed E-state index contributed by atoms with van der Waals surface area (Å²) in [7, 11) is 1.61. The van der Waals surface area contributed by atoms with Gasteiger partial charge in [0.05, 0.1) is 23.7 Å². The Morgan fingerprint density at radius 2 is 1.83 bits per heavy atom. The molecule has 2 aromatic carbocycles. The van der Waals surface area contributed by atoms with Crippen molar-refractivity contribution in [2.24, 2.45) is 0 Å². The lowest BCUT2D eigenvalue weighted by Gasteiger charge is -1.99. The number of allylic oxidation sites excluding steroid dienone is 3. The highest BCUT2D eigenvalue weighted by molar-refractivity contribution is 5.79. The quantitative estimate of drug-likeness (QED) is 0.358. The molecule has 5 nitrogen and oxygen atoms in total. The Labute approximate surface area is 133 Å². The number of rotatable bonds is 5. The monoisotopic (exact) mass is 306 g/mol. The van der Waals surface area contributed by atoms with Crippen molar-refractivity contribution in [1.29, 1.82) is 5.26 Å². The van der Waals surface area contributed by atoms with Crippen LogP contribution < -0.4 is 4.74 Å². The summed E-state index contributed by atoms with van der Waals surface area (Å²) in [5.41, 5.74) is 2.05. The van der Waals surface area contributed by atoms with Crippen molar-refractivity contribution in [2.75, 3.05) is 7.11 Å². The molecule has 0 aliphatic carbocycles. The van der Waals surface area contributed by atoms with E-state index >= 15 is 0 Å². The van der Waals surface area contributed by atoms with Crippen LogP contribution in [0.4, 0.5) is 5.69 Å². The summed E-state index contributed by atoms with van der Waals surface area (Å²) in [6.45, 7) is 0. The van der Waals surface area contributed by atoms with E-state index in [2.05, 4.69) is 6.07 Å². The van der Waals surface area contributed by atoms with Crippen LogP contribution in [0.2, 0.25) is 0 Å². The molecule has 0 aliphatic heterocycles. The van der Waals surface area contributed by atoms with Crippen molar-refractivity contribution in [3.05, 3.63) is 81.9 Å². The van der Waals surface area contributed by atoms with Crippen molar-refractivity contribution < 1.29 is 9.66 Å². The number of non-ortho nitro benzene ring substituents is 1. The van der Waals surface area contributed by atoms with E-state index in [1.807, 2.05) is 30.3 Å². The summed E-state index contributed by atoms with van der Waals surface area (Å²) in [6, 6.07) is 15.5. The van der Waals surface area contributed by atoms with Crippen LogP contribution >= 0.6 is 0 Å². The van der Waals surface area contributed by atoms with E-state index in [-0.39, 0.29) is 5.69 Å². The lowest BCUT2D eigenvalue weighted by atomic mass is 10.1. The zero-order valence-electron chi connectivity index (χ0n) is 12.5. The van der Waals surface area contributed by atoms with Gasteiger partial charge >= 0.3 is 0 Å². The first-order chi connectivity index (χ1) is 11.1. The number of nitro benzene ring substituents is 1. The third-order valence-electron chi connectivity index (χ3n) is 3.18. The third-order valence-corrected chi connectivity index (χ3v) is 3.18. The van der Waals surface area contributed by atoms with E-state index in [0.717, 1.165) is 11.3 Å². The highest BCUT2D eigenvalue weighted by atomic mass is 16.6. The number of ether oxygens (including phenoxy) is 1. The Kier molecular flexibility index (Phi) is 5.26. The third kappa shape index (κ3) is 4.29. The predicted molar refractivity (Wildman–Crippen MR) is 88.7 cm³/mol. The van der Waals surface area contributed by atoms with Crippen molar-refractivity contribution in [3.8, 4) is 11.8 Å². The van der Waals surface area contributed by atoms with Gasteiger partial charge in [0.15, 0.2) is 0 Å². The summed E-state index contributed by atoms with van der Waals surface area (Å²) in [4.78, 5) is 10.2. The minimum absolute atomic E-state index is 0.000172. The van der Waals surface area contributed by atoms with Gasteiger partial charge in [-0.15, -0.1) is 0 Å². The number of hydrogen-bond acceptors (Lipinski definition) is 4. The Bertz CT molecular complexity index is 783. The molecule has 2 rings (SSSR count). The Morgan fingerprint density at radius 3 is 2.35 bits per heavy atom. The van der Waals surface area contributed by atoms with Gasteiger partial charge in [0.1, 0.15) is 5.75 Å². The van der Waals surface area contributed by atoms with Crippen LogP contribution in [0.15, 0.2) is 60.7 Å². The molecule has 0 spiro atoms. The van der Waals surface area contributed by atoms with Crippen LogP contribution in [-0.4, -0.2) is 12.0 Å². The van der Waals surface area contributed by atoms with Gasteiger partial charge in [0.25, 0.3) is 5.69 Å². The highest BCUT2D eigenvalue weighted by Crippen LogP contribution is 2.19. The minimum atomic E-state index is -0.469. The maximum Gasteiger partial charge on any atom is 0.269 e. The SMILES string of the molecule is COc1ccc(/C=C/C=C(\C#N)c2ccc([N+](=O)[O-])cc2)cc1. The van der Waals surface area contributed by atoms with Gasteiger partial charge in [0.2, 0.25) is 0 Å². The second kappa shape index (κ2) is 7.57. The molecule has 114 valence electrons. The van der Waals surface area contributed by atoms with Crippen LogP contribution in [0.5, 0.6) is 5.75 Å². The van der Waals surface area contributed by atoms with E-state index in [1.54, 1.807) is 31.4 Å². The smallest absolute Gasteiger partial charge is 0.269 e. The number of nitrogens with zero attached hydrogens (tertiary/aromatic N) is 2. The molecule has 0 radical (unpaired) electrons. The largest absolute Gasteiger partial charge is 0.497 e. The maximum absolute atomic E-state index is 10.6. The van der Waals surface area contributed by atoms with Gasteiger partial charge in [-0.25, -0.2) is 0 Å². The summed E-state index contributed by atoms with van der Waals surface area (Å²) in [5, 5.41) is 19.9. The molecule has 0 bridgehead atoms. The van der Waals surface area contributed by atoms with E-state index in [4.69, 9.17) is 4.74 Å². The van der Waals surface area contributed by atoms with Gasteiger partial charge in [0, 0.05) is 12.1 Å². The molecular weight excluding hydrogens is 292 g/mol. The predicted octanol–water partition coefficient (Wildman–Crippen LogP) is 4.22. The summed E-state index contributed by atoms with van der Waals surface area (Å²) >= 11 is 0. The van der Waals surface area contributed by atoms with E-state index in [9.17, 15) is 15.4 Å². The molecule has 2 aromatic rings. The van der Waals surface area contributed by atoms with Crippen LogP contribution in [0.1, 0.15) is 11.1 Å². The molecule has 0 atom stereocenters. The molecule has 0 saturated carbocycles. The molecule has 0 saturated heterocycles. The molecular formula is C18H14N2O3. The topological polar surface area (TPSA) is 76.2 Å². The average molecular weight is 306 g/mol. The Hall–Kier alpha value is -3.39. The molecule has 0 fully saturated rings. The fourth-order valence-electron chi connectivity index (χ4n) is 1.93. The van der Waals surface area contributed by atoms with Crippen molar-refractivity contribution in [3.63, 3.8) is 0 Å². The zero-order chi connectivity index (χ0) is 16.7. The normalized spacial score (nSPS) is 11.2.